The van der Waals surface area contributed by atoms with E-state index in [0.717, 1.165) is 18.9 Å². The Morgan fingerprint density at radius 3 is 2.47 bits per heavy atom. The van der Waals surface area contributed by atoms with Crippen LogP contribution in [0.15, 0.2) is 48.7 Å². The summed E-state index contributed by atoms with van der Waals surface area (Å²) in [5, 5.41) is 38.6. The van der Waals surface area contributed by atoms with Crippen molar-refractivity contribution < 1.29 is 19.5 Å². The maximum absolute atomic E-state index is 14.7. The predicted molar refractivity (Wildman–Crippen MR) is 142 cm³/mol. The van der Waals surface area contributed by atoms with E-state index in [0.29, 0.717) is 46.7 Å². The molecule has 2 aromatic carbocycles. The van der Waals surface area contributed by atoms with Crippen molar-refractivity contribution in [2.24, 2.45) is 5.73 Å². The predicted octanol–water partition coefficient (Wildman–Crippen LogP) is 3.87. The van der Waals surface area contributed by atoms with Crippen LogP contribution in [0, 0.1) is 28.5 Å². The molecule has 4 rings (SSSR count). The van der Waals surface area contributed by atoms with E-state index in [-0.39, 0.29) is 35.3 Å². The number of amides is 1. The highest BCUT2D eigenvalue weighted by molar-refractivity contribution is 5.93. The van der Waals surface area contributed by atoms with Gasteiger partial charge in [0.25, 0.3) is 5.91 Å². The first-order chi connectivity index (χ1) is 17.9. The summed E-state index contributed by atoms with van der Waals surface area (Å²) in [6.45, 7) is 1.24. The lowest BCUT2D eigenvalue weighted by Gasteiger charge is -2.32. The Morgan fingerprint density at radius 1 is 1.16 bits per heavy atom. The number of phenols is 1. The van der Waals surface area contributed by atoms with E-state index in [9.17, 15) is 19.6 Å². The molecule has 1 amide bonds. The minimum atomic E-state index is -0.759. The summed E-state index contributed by atoms with van der Waals surface area (Å²) in [4.78, 5) is 17.8. The molecule has 1 aliphatic rings. The van der Waals surface area contributed by atoms with Crippen LogP contribution in [0.4, 0.5) is 10.2 Å². The molecule has 38 heavy (non-hydrogen) atoms. The van der Waals surface area contributed by atoms with Gasteiger partial charge in [0.15, 0.2) is 0 Å². The number of nitrogens with zero attached hydrogens (tertiary/aromatic N) is 4. The van der Waals surface area contributed by atoms with Crippen LogP contribution in [0.5, 0.6) is 5.75 Å². The number of pyridine rings is 1. The molecule has 0 saturated carbocycles. The van der Waals surface area contributed by atoms with Crippen molar-refractivity contribution in [3.8, 4) is 40.1 Å². The Kier molecular flexibility index (Phi) is 9.00. The first-order valence-corrected chi connectivity index (χ1v) is 11.5. The molecular weight excluding hydrogens is 511 g/mol. The molecule has 0 radical (unpaired) electrons. The van der Waals surface area contributed by atoms with E-state index in [1.165, 1.54) is 29.8 Å². The SMILES string of the molecule is Cl.N#Cc1ccc(-c2c(-c3ccc(/C=C/C(=O)NO)c(O)c3)cnc(N3CCC(N)CC3)c2C#N)cc1F. The van der Waals surface area contributed by atoms with Gasteiger partial charge in [-0.25, -0.2) is 14.9 Å². The van der Waals surface area contributed by atoms with Crippen molar-refractivity contribution in [3.05, 3.63) is 71.2 Å². The van der Waals surface area contributed by atoms with Gasteiger partial charge in [0.05, 0.1) is 5.56 Å². The number of nitriles is 2. The van der Waals surface area contributed by atoms with E-state index < -0.39 is 11.7 Å². The van der Waals surface area contributed by atoms with Crippen molar-refractivity contribution in [3.63, 3.8) is 0 Å². The van der Waals surface area contributed by atoms with Crippen LogP contribution in [0.2, 0.25) is 0 Å². The summed E-state index contributed by atoms with van der Waals surface area (Å²) < 4.78 is 14.7. The van der Waals surface area contributed by atoms with Crippen molar-refractivity contribution in [2.75, 3.05) is 18.0 Å². The number of nitrogens with two attached hydrogens (primary N) is 1. The fraction of sp³-hybridized carbons (Fsp3) is 0.185. The van der Waals surface area contributed by atoms with Gasteiger partial charge >= 0.3 is 0 Å². The third-order valence-corrected chi connectivity index (χ3v) is 6.25. The second kappa shape index (κ2) is 12.2. The minimum Gasteiger partial charge on any atom is -0.507 e. The number of carbonyl (C=O) groups excluding carboxylic acids is 1. The number of halogens is 2. The number of rotatable bonds is 5. The van der Waals surface area contributed by atoms with Gasteiger partial charge in [-0.05, 0) is 48.2 Å². The minimum absolute atomic E-state index is 0. The highest BCUT2D eigenvalue weighted by Crippen LogP contribution is 2.40. The standard InChI is InChI=1S/C27H23FN6O3.ClH/c28-23-11-18(3-4-19(23)13-29)26-21(14-30)27(34-9-7-20(31)8-10-34)32-15-22(26)17-2-1-16(24(35)12-17)5-6-25(36)33-37;/h1-6,11-12,15,20,35,37H,7-10,31H2,(H,33,36);1H/b6-5+;. The van der Waals surface area contributed by atoms with Crippen LogP contribution in [-0.2, 0) is 4.79 Å². The van der Waals surface area contributed by atoms with Gasteiger partial charge < -0.3 is 15.7 Å². The largest absolute Gasteiger partial charge is 0.507 e. The average molecular weight is 535 g/mol. The molecule has 1 saturated heterocycles. The highest BCUT2D eigenvalue weighted by atomic mass is 35.5. The molecule has 3 aromatic rings. The molecule has 5 N–H and O–H groups in total. The summed E-state index contributed by atoms with van der Waals surface area (Å²) >= 11 is 0. The van der Waals surface area contributed by atoms with E-state index >= 15 is 0 Å². The second-order valence-corrected chi connectivity index (χ2v) is 8.57. The normalized spacial score (nSPS) is 13.4. The van der Waals surface area contributed by atoms with E-state index in [2.05, 4.69) is 11.1 Å². The number of hydroxylamine groups is 1. The quantitative estimate of drug-likeness (QED) is 0.218. The lowest BCUT2D eigenvalue weighted by molar-refractivity contribution is -0.124. The van der Waals surface area contributed by atoms with Gasteiger partial charge in [0.1, 0.15) is 35.1 Å². The summed E-state index contributed by atoms with van der Waals surface area (Å²) in [6.07, 6.45) is 5.43. The van der Waals surface area contributed by atoms with Crippen molar-refractivity contribution in [1.29, 1.82) is 10.5 Å². The average Bonchev–Trinajstić information content (AvgIpc) is 2.91. The Balaban J connectivity index is 0.00000400. The highest BCUT2D eigenvalue weighted by Gasteiger charge is 2.25. The van der Waals surface area contributed by atoms with Crippen molar-refractivity contribution >= 4 is 30.2 Å². The van der Waals surface area contributed by atoms with E-state index in [1.807, 2.05) is 4.90 Å². The molecule has 0 bridgehead atoms. The Bertz CT molecular complexity index is 1470. The summed E-state index contributed by atoms with van der Waals surface area (Å²) in [5.74, 6) is -1.19. The third kappa shape index (κ3) is 5.74. The molecule has 9 nitrogen and oxygen atoms in total. The number of aromatic hydroxyl groups is 1. The van der Waals surface area contributed by atoms with Gasteiger partial charge in [-0.2, -0.15) is 10.5 Å². The number of benzene rings is 2. The maximum atomic E-state index is 14.7. The number of anilines is 1. The molecule has 194 valence electrons. The zero-order valence-electron chi connectivity index (χ0n) is 20.1. The van der Waals surface area contributed by atoms with E-state index in [1.54, 1.807) is 30.5 Å². The van der Waals surface area contributed by atoms with Crippen LogP contribution in [0.1, 0.15) is 29.5 Å². The van der Waals surface area contributed by atoms with Gasteiger partial charge in [0.2, 0.25) is 0 Å². The van der Waals surface area contributed by atoms with Crippen LogP contribution < -0.4 is 16.1 Å². The van der Waals surface area contributed by atoms with E-state index in [4.69, 9.17) is 16.2 Å². The van der Waals surface area contributed by atoms with Crippen LogP contribution in [-0.4, -0.2) is 40.3 Å². The smallest absolute Gasteiger partial charge is 0.267 e. The first-order valence-electron chi connectivity index (χ1n) is 11.5. The van der Waals surface area contributed by atoms with Crippen molar-refractivity contribution in [2.45, 2.75) is 18.9 Å². The molecule has 1 fully saturated rings. The number of aromatic nitrogens is 1. The van der Waals surface area contributed by atoms with Gasteiger partial charge in [-0.1, -0.05) is 18.2 Å². The Hall–Kier alpha value is -4.48. The van der Waals surface area contributed by atoms with Gasteiger partial charge in [-0.3, -0.25) is 10.0 Å². The van der Waals surface area contributed by atoms with Crippen LogP contribution in [0.3, 0.4) is 0 Å². The molecule has 1 aliphatic heterocycles. The maximum Gasteiger partial charge on any atom is 0.267 e. The molecule has 0 spiro atoms. The molecular formula is C27H24ClFN6O3. The molecule has 2 heterocycles. The molecule has 0 atom stereocenters. The van der Waals surface area contributed by atoms with Crippen molar-refractivity contribution in [1.82, 2.24) is 10.5 Å². The summed E-state index contributed by atoms with van der Waals surface area (Å²) in [7, 11) is 0. The number of piperidine rings is 1. The van der Waals surface area contributed by atoms with Gasteiger partial charge in [-0.15, -0.1) is 12.4 Å². The topological polar surface area (TPSA) is 159 Å². The zero-order valence-corrected chi connectivity index (χ0v) is 20.9. The van der Waals surface area contributed by atoms with Crippen LogP contribution in [0.25, 0.3) is 28.3 Å². The molecule has 0 aliphatic carbocycles. The fourth-order valence-electron chi connectivity index (χ4n) is 4.29. The molecule has 0 unspecified atom stereocenters. The lowest BCUT2D eigenvalue weighted by atomic mass is 9.90. The van der Waals surface area contributed by atoms with Crippen LogP contribution >= 0.6 is 12.4 Å². The second-order valence-electron chi connectivity index (χ2n) is 8.57. The Morgan fingerprint density at radius 2 is 1.87 bits per heavy atom. The number of hydrogen-bond donors (Lipinski definition) is 4. The Labute approximate surface area is 224 Å². The monoisotopic (exact) mass is 534 g/mol. The molecule has 11 heteroatoms. The zero-order chi connectivity index (χ0) is 26.5. The number of nitrogens with one attached hydrogen (secondary N) is 1. The number of phenolic OH excluding ortho intramolecular Hbond substituents is 1. The summed E-state index contributed by atoms with van der Waals surface area (Å²) in [6, 6.07) is 12.9. The summed E-state index contributed by atoms with van der Waals surface area (Å²) in [5.41, 5.74) is 9.69. The third-order valence-electron chi connectivity index (χ3n) is 6.25. The molecule has 1 aromatic heterocycles. The number of hydrogen-bond acceptors (Lipinski definition) is 8. The van der Waals surface area contributed by atoms with Gasteiger partial charge in [0, 0.05) is 48.1 Å². The first kappa shape index (κ1) is 28.1. The fourth-order valence-corrected chi connectivity index (χ4v) is 4.29. The number of carbonyl (C=O) groups is 1. The lowest BCUT2D eigenvalue weighted by Crippen LogP contribution is -2.40.